The SMILES string of the molecule is COc1ccc(C=C(Cl)C=O)cc1. The van der Waals surface area contributed by atoms with Crippen molar-refractivity contribution in [2.45, 2.75) is 0 Å². The molecule has 68 valence electrons. The van der Waals surface area contributed by atoms with E-state index in [0.717, 1.165) is 11.3 Å². The Morgan fingerprint density at radius 1 is 1.38 bits per heavy atom. The highest BCUT2D eigenvalue weighted by Crippen LogP contribution is 2.14. The molecule has 0 radical (unpaired) electrons. The van der Waals surface area contributed by atoms with E-state index in [1.165, 1.54) is 0 Å². The van der Waals surface area contributed by atoms with Gasteiger partial charge in [-0.2, -0.15) is 0 Å². The maximum absolute atomic E-state index is 10.2. The molecular formula is C10H9ClO2. The zero-order valence-electron chi connectivity index (χ0n) is 7.16. The van der Waals surface area contributed by atoms with Crippen LogP contribution in [0.25, 0.3) is 6.08 Å². The van der Waals surface area contributed by atoms with Gasteiger partial charge in [-0.25, -0.2) is 0 Å². The Labute approximate surface area is 81.8 Å². The summed E-state index contributed by atoms with van der Waals surface area (Å²) < 4.78 is 4.98. The highest BCUT2D eigenvalue weighted by molar-refractivity contribution is 6.40. The van der Waals surface area contributed by atoms with Gasteiger partial charge < -0.3 is 4.74 Å². The van der Waals surface area contributed by atoms with E-state index in [9.17, 15) is 4.79 Å². The summed E-state index contributed by atoms with van der Waals surface area (Å²) in [5, 5.41) is 0.185. The number of aldehydes is 1. The summed E-state index contributed by atoms with van der Waals surface area (Å²) in [6.07, 6.45) is 2.19. The molecule has 0 saturated carbocycles. The van der Waals surface area contributed by atoms with Crippen LogP contribution in [0.1, 0.15) is 5.56 Å². The molecule has 0 heterocycles. The van der Waals surface area contributed by atoms with Crippen molar-refractivity contribution in [3.05, 3.63) is 34.9 Å². The monoisotopic (exact) mass is 196 g/mol. The lowest BCUT2D eigenvalue weighted by Crippen LogP contribution is -1.82. The van der Waals surface area contributed by atoms with Crippen LogP contribution in [-0.2, 0) is 4.79 Å². The van der Waals surface area contributed by atoms with Gasteiger partial charge >= 0.3 is 0 Å². The number of hydrogen-bond donors (Lipinski definition) is 0. The first-order valence-corrected chi connectivity index (χ1v) is 4.10. The lowest BCUT2D eigenvalue weighted by molar-refractivity contribution is -0.104. The molecule has 0 unspecified atom stereocenters. The molecule has 0 aliphatic carbocycles. The van der Waals surface area contributed by atoms with Gasteiger partial charge in [0.1, 0.15) is 5.75 Å². The summed E-state index contributed by atoms with van der Waals surface area (Å²) in [7, 11) is 1.60. The first kappa shape index (κ1) is 9.81. The smallest absolute Gasteiger partial charge is 0.161 e. The molecule has 1 rings (SSSR count). The van der Waals surface area contributed by atoms with Gasteiger partial charge in [-0.05, 0) is 23.8 Å². The van der Waals surface area contributed by atoms with Gasteiger partial charge in [0, 0.05) is 0 Å². The predicted molar refractivity (Wildman–Crippen MR) is 52.9 cm³/mol. The van der Waals surface area contributed by atoms with E-state index in [2.05, 4.69) is 0 Å². The van der Waals surface area contributed by atoms with Crippen LogP contribution in [0.3, 0.4) is 0 Å². The van der Waals surface area contributed by atoms with E-state index in [1.54, 1.807) is 25.3 Å². The van der Waals surface area contributed by atoms with E-state index in [1.807, 2.05) is 12.1 Å². The maximum atomic E-state index is 10.2. The van der Waals surface area contributed by atoms with Crippen molar-refractivity contribution in [1.82, 2.24) is 0 Å². The second-order valence-electron chi connectivity index (χ2n) is 2.42. The molecule has 0 bridgehead atoms. The topological polar surface area (TPSA) is 26.3 Å². The van der Waals surface area contributed by atoms with Gasteiger partial charge in [-0.3, -0.25) is 4.79 Å². The molecule has 0 saturated heterocycles. The molecule has 0 aliphatic heterocycles. The average molecular weight is 197 g/mol. The van der Waals surface area contributed by atoms with E-state index in [-0.39, 0.29) is 5.03 Å². The van der Waals surface area contributed by atoms with Crippen LogP contribution in [0, 0.1) is 0 Å². The Balaban J connectivity index is 2.86. The van der Waals surface area contributed by atoms with Crippen molar-refractivity contribution in [2.75, 3.05) is 7.11 Å². The van der Waals surface area contributed by atoms with Crippen LogP contribution >= 0.6 is 11.6 Å². The third kappa shape index (κ3) is 2.92. The van der Waals surface area contributed by atoms with Gasteiger partial charge in [-0.1, -0.05) is 23.7 Å². The minimum Gasteiger partial charge on any atom is -0.497 e. The number of halogens is 1. The number of rotatable bonds is 3. The van der Waals surface area contributed by atoms with Crippen LogP contribution in [0.4, 0.5) is 0 Å². The van der Waals surface area contributed by atoms with Crippen molar-refractivity contribution in [3.8, 4) is 5.75 Å². The summed E-state index contributed by atoms with van der Waals surface area (Å²) in [6.45, 7) is 0. The molecule has 0 spiro atoms. The molecule has 0 atom stereocenters. The molecule has 2 nitrogen and oxygen atoms in total. The molecule has 0 aromatic heterocycles. The van der Waals surface area contributed by atoms with Crippen molar-refractivity contribution in [2.24, 2.45) is 0 Å². The third-order valence-electron chi connectivity index (χ3n) is 1.53. The number of ether oxygens (including phenoxy) is 1. The van der Waals surface area contributed by atoms with E-state index in [4.69, 9.17) is 16.3 Å². The summed E-state index contributed by atoms with van der Waals surface area (Å²) in [6, 6.07) is 7.26. The number of methoxy groups -OCH3 is 1. The van der Waals surface area contributed by atoms with Gasteiger partial charge in [0.25, 0.3) is 0 Å². The average Bonchev–Trinajstić information content (AvgIpc) is 2.19. The van der Waals surface area contributed by atoms with Crippen LogP contribution < -0.4 is 4.74 Å². The zero-order chi connectivity index (χ0) is 9.68. The summed E-state index contributed by atoms with van der Waals surface area (Å²) in [5.74, 6) is 0.777. The molecule has 1 aromatic carbocycles. The van der Waals surface area contributed by atoms with Crippen molar-refractivity contribution in [1.29, 1.82) is 0 Å². The second kappa shape index (κ2) is 4.67. The molecule has 0 N–H and O–H groups in total. The maximum Gasteiger partial charge on any atom is 0.161 e. The van der Waals surface area contributed by atoms with Crippen LogP contribution in [-0.4, -0.2) is 13.4 Å². The van der Waals surface area contributed by atoms with Crippen molar-refractivity contribution >= 4 is 24.0 Å². The zero-order valence-corrected chi connectivity index (χ0v) is 7.91. The number of carbonyl (C=O) groups is 1. The minimum absolute atomic E-state index is 0.185. The Morgan fingerprint density at radius 2 is 2.00 bits per heavy atom. The fraction of sp³-hybridized carbons (Fsp3) is 0.100. The van der Waals surface area contributed by atoms with Crippen LogP contribution in [0.2, 0.25) is 0 Å². The molecule has 3 heteroatoms. The normalized spacial score (nSPS) is 11.1. The van der Waals surface area contributed by atoms with Gasteiger partial charge in [0.2, 0.25) is 0 Å². The highest BCUT2D eigenvalue weighted by Gasteiger charge is 1.92. The lowest BCUT2D eigenvalue weighted by atomic mass is 10.2. The fourth-order valence-corrected chi connectivity index (χ4v) is 1.02. The van der Waals surface area contributed by atoms with Gasteiger partial charge in [-0.15, -0.1) is 0 Å². The Hall–Kier alpha value is -1.28. The first-order valence-electron chi connectivity index (χ1n) is 3.72. The third-order valence-corrected chi connectivity index (χ3v) is 1.73. The summed E-state index contributed by atoms with van der Waals surface area (Å²) >= 11 is 5.54. The molecule has 0 amide bonds. The van der Waals surface area contributed by atoms with Crippen LogP contribution in [0.5, 0.6) is 5.75 Å². The number of benzene rings is 1. The number of hydrogen-bond acceptors (Lipinski definition) is 2. The fourth-order valence-electron chi connectivity index (χ4n) is 0.893. The van der Waals surface area contributed by atoms with Crippen molar-refractivity contribution in [3.63, 3.8) is 0 Å². The van der Waals surface area contributed by atoms with E-state index < -0.39 is 0 Å². The van der Waals surface area contributed by atoms with E-state index in [0.29, 0.717) is 6.29 Å². The quantitative estimate of drug-likeness (QED) is 0.549. The minimum atomic E-state index is 0.185. The second-order valence-corrected chi connectivity index (χ2v) is 2.86. The highest BCUT2D eigenvalue weighted by atomic mass is 35.5. The van der Waals surface area contributed by atoms with Crippen LogP contribution in [0.15, 0.2) is 29.3 Å². The molecule has 0 aliphatic rings. The molecular weight excluding hydrogens is 188 g/mol. The van der Waals surface area contributed by atoms with Gasteiger partial charge in [0.05, 0.1) is 12.1 Å². The Bertz CT molecular complexity index is 314. The number of allylic oxidation sites excluding steroid dienone is 1. The number of carbonyl (C=O) groups excluding carboxylic acids is 1. The first-order chi connectivity index (χ1) is 6.26. The lowest BCUT2D eigenvalue weighted by Gasteiger charge is -1.98. The largest absolute Gasteiger partial charge is 0.497 e. The molecule has 13 heavy (non-hydrogen) atoms. The van der Waals surface area contributed by atoms with E-state index >= 15 is 0 Å². The summed E-state index contributed by atoms with van der Waals surface area (Å²) in [5.41, 5.74) is 0.873. The Morgan fingerprint density at radius 3 is 2.46 bits per heavy atom. The van der Waals surface area contributed by atoms with Gasteiger partial charge in [0.15, 0.2) is 6.29 Å². The Kier molecular flexibility index (Phi) is 3.53. The molecule has 0 fully saturated rings. The summed E-state index contributed by atoms with van der Waals surface area (Å²) in [4.78, 5) is 10.2. The molecule has 1 aromatic rings. The standard InChI is InChI=1S/C10H9ClO2/c1-13-10-4-2-8(3-5-10)6-9(11)7-12/h2-7H,1H3. The van der Waals surface area contributed by atoms with Crippen molar-refractivity contribution < 1.29 is 9.53 Å². The predicted octanol–water partition coefficient (Wildman–Crippen LogP) is 2.47.